The lowest BCUT2D eigenvalue weighted by atomic mass is 9.85. The second kappa shape index (κ2) is 7.72. The quantitative estimate of drug-likeness (QED) is 0.672. The third kappa shape index (κ3) is 3.92. The van der Waals surface area contributed by atoms with Gasteiger partial charge in [0.05, 0.1) is 10.5 Å². The van der Waals surface area contributed by atoms with E-state index in [4.69, 9.17) is 0 Å². The first kappa shape index (κ1) is 20.0. The molecule has 0 aliphatic carbocycles. The highest BCUT2D eigenvalue weighted by Crippen LogP contribution is 2.36. The Morgan fingerprint density at radius 2 is 1.62 bits per heavy atom. The summed E-state index contributed by atoms with van der Waals surface area (Å²) in [7, 11) is -3.57. The van der Waals surface area contributed by atoms with E-state index >= 15 is 0 Å². The van der Waals surface area contributed by atoms with Crippen LogP contribution in [0.3, 0.4) is 0 Å². The van der Waals surface area contributed by atoms with Crippen LogP contribution < -0.4 is 0 Å². The Balaban J connectivity index is 1.82. The topological polar surface area (TPSA) is 57.6 Å². The number of nitrogens with zero attached hydrogens (tertiary/aromatic N) is 1. The van der Waals surface area contributed by atoms with Crippen molar-refractivity contribution in [3.05, 3.63) is 62.5 Å². The number of rotatable bonds is 4. The van der Waals surface area contributed by atoms with Crippen LogP contribution in [0.15, 0.2) is 56.3 Å². The molecule has 3 rings (SSSR count). The van der Waals surface area contributed by atoms with E-state index in [-0.39, 0.29) is 0 Å². The van der Waals surface area contributed by atoms with Crippen molar-refractivity contribution in [2.45, 2.75) is 36.7 Å². The summed E-state index contributed by atoms with van der Waals surface area (Å²) in [6.45, 7) is 2.55. The molecule has 0 amide bonds. The summed E-state index contributed by atoms with van der Waals surface area (Å²) >= 11 is 6.80. The Bertz CT molecular complexity index is 890. The van der Waals surface area contributed by atoms with Crippen molar-refractivity contribution in [1.29, 1.82) is 0 Å². The van der Waals surface area contributed by atoms with Crippen LogP contribution in [-0.2, 0) is 22.0 Å². The van der Waals surface area contributed by atoms with Crippen molar-refractivity contribution >= 4 is 41.9 Å². The summed E-state index contributed by atoms with van der Waals surface area (Å²) in [5.74, 6) is 0. The van der Waals surface area contributed by atoms with E-state index in [1.54, 1.807) is 12.1 Å². The SMILES string of the molecule is CCc1cc(Br)ccc1S(=O)(=O)N1CCC(O)(c2ccc(Br)cc2)CC1. The average Bonchev–Trinajstić information content (AvgIpc) is 2.62. The van der Waals surface area contributed by atoms with Crippen LogP contribution in [0.2, 0.25) is 0 Å². The lowest BCUT2D eigenvalue weighted by molar-refractivity contribution is -0.00962. The standard InChI is InChI=1S/C19H21Br2NO3S/c1-2-14-13-17(21)7-8-18(14)26(24,25)22-11-9-19(23,10-12-22)15-3-5-16(20)6-4-15/h3-8,13,23H,2,9-12H2,1H3. The van der Waals surface area contributed by atoms with Crippen LogP contribution in [0.4, 0.5) is 0 Å². The summed E-state index contributed by atoms with van der Waals surface area (Å²) in [4.78, 5) is 0.359. The zero-order valence-corrected chi connectivity index (χ0v) is 18.4. The molecule has 1 aliphatic heterocycles. The fourth-order valence-electron chi connectivity index (χ4n) is 3.36. The van der Waals surface area contributed by atoms with Gasteiger partial charge in [-0.25, -0.2) is 8.42 Å². The van der Waals surface area contributed by atoms with Gasteiger partial charge < -0.3 is 5.11 Å². The molecule has 0 spiro atoms. The molecule has 1 fully saturated rings. The molecule has 0 aromatic heterocycles. The van der Waals surface area contributed by atoms with Gasteiger partial charge in [-0.15, -0.1) is 0 Å². The Kier molecular flexibility index (Phi) is 5.94. The van der Waals surface area contributed by atoms with E-state index in [1.165, 1.54) is 4.31 Å². The van der Waals surface area contributed by atoms with Gasteiger partial charge in [-0.1, -0.05) is 50.9 Å². The molecule has 0 atom stereocenters. The summed E-state index contributed by atoms with van der Waals surface area (Å²) in [5, 5.41) is 11.0. The van der Waals surface area contributed by atoms with Crippen molar-refractivity contribution in [3.63, 3.8) is 0 Å². The minimum atomic E-state index is -3.57. The Morgan fingerprint density at radius 1 is 1.04 bits per heavy atom. The molecule has 0 radical (unpaired) electrons. The van der Waals surface area contributed by atoms with Gasteiger partial charge in [-0.2, -0.15) is 4.31 Å². The molecule has 2 aromatic carbocycles. The zero-order valence-electron chi connectivity index (χ0n) is 14.5. The van der Waals surface area contributed by atoms with Gasteiger partial charge in [0.1, 0.15) is 0 Å². The van der Waals surface area contributed by atoms with Gasteiger partial charge in [0, 0.05) is 22.0 Å². The lowest BCUT2D eigenvalue weighted by Crippen LogP contribution is -2.45. The Hall–Kier alpha value is -0.730. The monoisotopic (exact) mass is 501 g/mol. The van der Waals surface area contributed by atoms with Crippen molar-refractivity contribution in [3.8, 4) is 0 Å². The number of hydrogen-bond donors (Lipinski definition) is 1. The Morgan fingerprint density at radius 3 is 2.19 bits per heavy atom. The smallest absolute Gasteiger partial charge is 0.243 e. The number of halogens is 2. The highest BCUT2D eigenvalue weighted by Gasteiger charge is 2.38. The van der Waals surface area contributed by atoms with Crippen molar-refractivity contribution in [2.24, 2.45) is 0 Å². The van der Waals surface area contributed by atoms with E-state index in [0.717, 1.165) is 20.1 Å². The minimum Gasteiger partial charge on any atom is -0.385 e. The predicted molar refractivity (Wildman–Crippen MR) is 110 cm³/mol. The second-order valence-electron chi connectivity index (χ2n) is 6.55. The van der Waals surface area contributed by atoms with Crippen molar-refractivity contribution in [1.82, 2.24) is 4.31 Å². The van der Waals surface area contributed by atoms with Gasteiger partial charge in [0.2, 0.25) is 10.0 Å². The maximum Gasteiger partial charge on any atom is 0.243 e. The van der Waals surface area contributed by atoms with Gasteiger partial charge in [0.25, 0.3) is 0 Å². The predicted octanol–water partition coefficient (Wildman–Crippen LogP) is 4.45. The normalized spacial score (nSPS) is 18.0. The van der Waals surface area contributed by atoms with Crippen LogP contribution in [0.5, 0.6) is 0 Å². The van der Waals surface area contributed by atoms with Crippen LogP contribution in [0.25, 0.3) is 0 Å². The van der Waals surface area contributed by atoms with Crippen LogP contribution in [0, 0.1) is 0 Å². The van der Waals surface area contributed by atoms with Crippen molar-refractivity contribution < 1.29 is 13.5 Å². The lowest BCUT2D eigenvalue weighted by Gasteiger charge is -2.38. The number of aliphatic hydroxyl groups is 1. The largest absolute Gasteiger partial charge is 0.385 e. The highest BCUT2D eigenvalue weighted by atomic mass is 79.9. The zero-order chi connectivity index (χ0) is 18.9. The summed E-state index contributed by atoms with van der Waals surface area (Å²) in [6.07, 6.45) is 1.41. The van der Waals surface area contributed by atoms with Crippen LogP contribution in [-0.4, -0.2) is 30.9 Å². The molecule has 1 saturated heterocycles. The van der Waals surface area contributed by atoms with E-state index in [0.29, 0.717) is 37.2 Å². The summed E-state index contributed by atoms with van der Waals surface area (Å²) < 4.78 is 29.5. The minimum absolute atomic E-state index is 0.300. The Labute approximate surface area is 171 Å². The van der Waals surface area contributed by atoms with Gasteiger partial charge >= 0.3 is 0 Å². The molecule has 2 aromatic rings. The second-order valence-corrected chi connectivity index (χ2v) is 10.3. The number of sulfonamides is 1. The maximum atomic E-state index is 13.1. The third-order valence-electron chi connectivity index (χ3n) is 4.95. The molecule has 1 heterocycles. The van der Waals surface area contributed by atoms with Crippen LogP contribution in [0.1, 0.15) is 30.9 Å². The molecular weight excluding hydrogens is 482 g/mol. The van der Waals surface area contributed by atoms with Gasteiger partial charge in [0.15, 0.2) is 0 Å². The number of aryl methyl sites for hydroxylation is 1. The summed E-state index contributed by atoms with van der Waals surface area (Å²) in [6, 6.07) is 12.8. The molecule has 7 heteroatoms. The molecule has 1 aliphatic rings. The first-order valence-electron chi connectivity index (χ1n) is 8.53. The fraction of sp³-hybridized carbons (Fsp3) is 0.368. The van der Waals surface area contributed by atoms with E-state index in [2.05, 4.69) is 31.9 Å². The molecule has 0 unspecified atom stereocenters. The average molecular weight is 503 g/mol. The first-order valence-corrected chi connectivity index (χ1v) is 11.6. The third-order valence-corrected chi connectivity index (χ3v) is 7.97. The van der Waals surface area contributed by atoms with Crippen LogP contribution >= 0.6 is 31.9 Å². The number of hydrogen-bond acceptors (Lipinski definition) is 3. The fourth-order valence-corrected chi connectivity index (χ4v) is 5.75. The molecular formula is C19H21Br2NO3S. The molecule has 140 valence electrons. The first-order chi connectivity index (χ1) is 12.3. The molecule has 0 saturated carbocycles. The highest BCUT2D eigenvalue weighted by molar-refractivity contribution is 9.10. The summed E-state index contributed by atoms with van der Waals surface area (Å²) in [5.41, 5.74) is 0.642. The molecule has 26 heavy (non-hydrogen) atoms. The molecule has 4 nitrogen and oxygen atoms in total. The number of benzene rings is 2. The van der Waals surface area contributed by atoms with Gasteiger partial charge in [-0.3, -0.25) is 0 Å². The van der Waals surface area contributed by atoms with Gasteiger partial charge in [-0.05, 0) is 60.7 Å². The molecule has 1 N–H and O–H groups in total. The van der Waals surface area contributed by atoms with E-state index < -0.39 is 15.6 Å². The van der Waals surface area contributed by atoms with E-state index in [1.807, 2.05) is 37.3 Å². The number of piperidine rings is 1. The van der Waals surface area contributed by atoms with E-state index in [9.17, 15) is 13.5 Å². The maximum absolute atomic E-state index is 13.1. The molecule has 0 bridgehead atoms. The van der Waals surface area contributed by atoms with Crippen molar-refractivity contribution in [2.75, 3.05) is 13.1 Å².